The van der Waals surface area contributed by atoms with Gasteiger partial charge in [0.2, 0.25) is 19.5 Å². The Labute approximate surface area is 228 Å². The van der Waals surface area contributed by atoms with Crippen LogP contribution < -0.4 is 9.16 Å². The molecule has 0 bridgehead atoms. The Kier molecular flexibility index (Phi) is 6.88. The van der Waals surface area contributed by atoms with E-state index >= 15 is 4.39 Å². The van der Waals surface area contributed by atoms with Crippen molar-refractivity contribution in [1.82, 2.24) is 9.97 Å². The van der Waals surface area contributed by atoms with E-state index in [2.05, 4.69) is 43.8 Å². The molecule has 1 heterocycles. The number of halogens is 2. The van der Waals surface area contributed by atoms with Crippen molar-refractivity contribution in [2.24, 2.45) is 0 Å². The summed E-state index contributed by atoms with van der Waals surface area (Å²) in [5.41, 5.74) is 2.23. The van der Waals surface area contributed by atoms with E-state index in [9.17, 15) is 0 Å². The maximum Gasteiger partial charge on any atom is 0.250 e. The van der Waals surface area contributed by atoms with Crippen LogP contribution in [0, 0.1) is 5.82 Å². The molecule has 0 fully saturated rings. The number of nitrogens with zero attached hydrogens (tertiary/aromatic N) is 2. The van der Waals surface area contributed by atoms with Gasteiger partial charge in [0.25, 0.3) is 0 Å². The zero-order valence-electron chi connectivity index (χ0n) is 22.2. The second-order valence-electron chi connectivity index (χ2n) is 10.9. The average Bonchev–Trinajstić information content (AvgIpc) is 2.87. The molecule has 0 atom stereocenters. The van der Waals surface area contributed by atoms with Crippen LogP contribution in [-0.2, 0) is 6.61 Å². The molecule has 0 amide bonds. The van der Waals surface area contributed by atoms with E-state index in [-0.39, 0.29) is 28.3 Å². The van der Waals surface area contributed by atoms with Crippen molar-refractivity contribution in [2.45, 2.75) is 45.5 Å². The monoisotopic (exact) mass is 544 g/mol. The quantitative estimate of drug-likeness (QED) is 0.158. The normalized spacial score (nSPS) is 12.2. The lowest BCUT2D eigenvalue weighted by molar-refractivity contribution is 0.297. The second-order valence-corrected chi connectivity index (χ2v) is 16.0. The molecule has 0 saturated carbocycles. The van der Waals surface area contributed by atoms with Crippen LogP contribution in [0.5, 0.6) is 11.6 Å². The highest BCUT2D eigenvalue weighted by molar-refractivity contribution is 6.74. The SMILES string of the molecule is CC(C)(C)[Si](C)(C)Oc1cc(-c2ccc3c(OCc4ccccc4)nc(Cl)nc3c2F)c2ccccc2c1. The van der Waals surface area contributed by atoms with Crippen molar-refractivity contribution in [3.05, 3.63) is 95.5 Å². The molecule has 0 saturated heterocycles. The molecule has 4 aromatic carbocycles. The van der Waals surface area contributed by atoms with Gasteiger partial charge in [0.1, 0.15) is 17.9 Å². The van der Waals surface area contributed by atoms with Crippen LogP contribution in [-0.4, -0.2) is 18.3 Å². The lowest BCUT2D eigenvalue weighted by Gasteiger charge is -2.36. The van der Waals surface area contributed by atoms with E-state index in [1.807, 2.05) is 66.7 Å². The molecule has 0 aliphatic heterocycles. The van der Waals surface area contributed by atoms with Crippen LogP contribution in [0.3, 0.4) is 0 Å². The summed E-state index contributed by atoms with van der Waals surface area (Å²) in [6.45, 7) is 11.3. The van der Waals surface area contributed by atoms with E-state index in [4.69, 9.17) is 20.8 Å². The molecule has 4 nitrogen and oxygen atoms in total. The van der Waals surface area contributed by atoms with Crippen molar-refractivity contribution in [2.75, 3.05) is 0 Å². The standard InChI is InChI=1S/C31H30ClFN2O2Si/c1-31(2,3)38(4,5)37-22-17-21-13-9-10-14-23(21)26(18-22)24-15-16-25-28(27(24)33)34-30(32)35-29(25)36-19-20-11-7-6-8-12-20/h6-18H,19H2,1-5H3. The Morgan fingerprint density at radius 3 is 2.29 bits per heavy atom. The van der Waals surface area contributed by atoms with Gasteiger partial charge < -0.3 is 9.16 Å². The molecule has 38 heavy (non-hydrogen) atoms. The van der Waals surface area contributed by atoms with E-state index < -0.39 is 14.1 Å². The lowest BCUT2D eigenvalue weighted by atomic mass is 9.96. The number of fused-ring (bicyclic) bond motifs is 2. The number of rotatable bonds is 6. The number of hydrogen-bond donors (Lipinski definition) is 0. The van der Waals surface area contributed by atoms with Crippen LogP contribution in [0.25, 0.3) is 32.8 Å². The summed E-state index contributed by atoms with van der Waals surface area (Å²) in [4.78, 5) is 8.48. The molecule has 0 unspecified atom stereocenters. The summed E-state index contributed by atoms with van der Waals surface area (Å²) >= 11 is 6.23. The van der Waals surface area contributed by atoms with Gasteiger partial charge >= 0.3 is 0 Å². The number of hydrogen-bond acceptors (Lipinski definition) is 4. The first-order valence-electron chi connectivity index (χ1n) is 12.6. The van der Waals surface area contributed by atoms with E-state index in [0.29, 0.717) is 10.9 Å². The Balaban J connectivity index is 1.62. The molecule has 0 aliphatic rings. The minimum Gasteiger partial charge on any atom is -0.543 e. The summed E-state index contributed by atoms with van der Waals surface area (Å²) in [6.07, 6.45) is 0. The predicted molar refractivity (Wildman–Crippen MR) is 156 cm³/mol. The van der Waals surface area contributed by atoms with Crippen molar-refractivity contribution in [3.8, 4) is 22.8 Å². The van der Waals surface area contributed by atoms with Gasteiger partial charge in [-0.15, -0.1) is 0 Å². The molecule has 0 aliphatic carbocycles. The molecule has 194 valence electrons. The summed E-state index contributed by atoms with van der Waals surface area (Å²) in [5.74, 6) is 0.498. The summed E-state index contributed by atoms with van der Waals surface area (Å²) in [5, 5.41) is 2.32. The van der Waals surface area contributed by atoms with Gasteiger partial charge in [-0.25, -0.2) is 9.37 Å². The zero-order chi connectivity index (χ0) is 27.1. The van der Waals surface area contributed by atoms with E-state index in [1.54, 1.807) is 12.1 Å². The second kappa shape index (κ2) is 10.0. The first-order chi connectivity index (χ1) is 18.0. The summed E-state index contributed by atoms with van der Waals surface area (Å²) in [7, 11) is -2.11. The molecule has 5 aromatic rings. The minimum atomic E-state index is -2.11. The average molecular weight is 545 g/mol. The van der Waals surface area contributed by atoms with Crippen LogP contribution in [0.15, 0.2) is 78.9 Å². The lowest BCUT2D eigenvalue weighted by Crippen LogP contribution is -2.43. The van der Waals surface area contributed by atoms with Crippen LogP contribution in [0.2, 0.25) is 23.4 Å². The maximum atomic E-state index is 16.2. The minimum absolute atomic E-state index is 0.0246. The molecule has 1 aromatic heterocycles. The Hall–Kier alpha value is -3.48. The van der Waals surface area contributed by atoms with Gasteiger partial charge in [0.05, 0.1) is 5.39 Å². The highest BCUT2D eigenvalue weighted by Gasteiger charge is 2.39. The third-order valence-corrected chi connectivity index (χ3v) is 11.8. The number of ether oxygens (including phenoxy) is 1. The predicted octanol–water partition coefficient (Wildman–Crippen LogP) is 9.21. The van der Waals surface area contributed by atoms with Gasteiger partial charge in [-0.1, -0.05) is 81.4 Å². The third kappa shape index (κ3) is 5.11. The van der Waals surface area contributed by atoms with Crippen molar-refractivity contribution in [3.63, 3.8) is 0 Å². The fourth-order valence-electron chi connectivity index (χ4n) is 4.16. The van der Waals surface area contributed by atoms with Crippen LogP contribution in [0.4, 0.5) is 4.39 Å². The molecular formula is C31H30ClFN2O2Si. The summed E-state index contributed by atoms with van der Waals surface area (Å²) < 4.78 is 28.8. The fourth-order valence-corrected chi connectivity index (χ4v) is 5.34. The van der Waals surface area contributed by atoms with Crippen molar-refractivity contribution in [1.29, 1.82) is 0 Å². The van der Waals surface area contributed by atoms with Crippen LogP contribution >= 0.6 is 11.6 Å². The van der Waals surface area contributed by atoms with Gasteiger partial charge in [-0.2, -0.15) is 4.98 Å². The summed E-state index contributed by atoms with van der Waals surface area (Å²) in [6, 6.07) is 25.2. The molecule has 7 heteroatoms. The molecule has 0 spiro atoms. The highest BCUT2D eigenvalue weighted by atomic mass is 35.5. The first kappa shape index (κ1) is 26.1. The Bertz CT molecular complexity index is 1640. The molecule has 0 N–H and O–H groups in total. The Morgan fingerprint density at radius 2 is 1.55 bits per heavy atom. The van der Waals surface area contributed by atoms with Gasteiger partial charge in [0, 0.05) is 5.56 Å². The Morgan fingerprint density at radius 1 is 0.842 bits per heavy atom. The topological polar surface area (TPSA) is 44.2 Å². The largest absolute Gasteiger partial charge is 0.543 e. The smallest absolute Gasteiger partial charge is 0.250 e. The van der Waals surface area contributed by atoms with Crippen molar-refractivity contribution < 1.29 is 13.6 Å². The maximum absolute atomic E-state index is 16.2. The third-order valence-electron chi connectivity index (χ3n) is 7.27. The van der Waals surface area contributed by atoms with E-state index in [0.717, 1.165) is 27.6 Å². The van der Waals surface area contributed by atoms with Crippen molar-refractivity contribution >= 4 is 41.6 Å². The number of aromatic nitrogens is 2. The molecular weight excluding hydrogens is 515 g/mol. The van der Waals surface area contributed by atoms with Gasteiger partial charge in [-0.3, -0.25) is 0 Å². The van der Waals surface area contributed by atoms with Gasteiger partial charge in [-0.05, 0) is 69.8 Å². The number of benzene rings is 4. The van der Waals surface area contributed by atoms with Crippen LogP contribution in [0.1, 0.15) is 26.3 Å². The van der Waals surface area contributed by atoms with E-state index in [1.165, 1.54) is 0 Å². The highest BCUT2D eigenvalue weighted by Crippen LogP contribution is 2.41. The zero-order valence-corrected chi connectivity index (χ0v) is 23.9. The van der Waals surface area contributed by atoms with Gasteiger partial charge in [0.15, 0.2) is 5.82 Å². The molecule has 5 rings (SSSR count). The fraction of sp³-hybridized carbons (Fsp3) is 0.226. The molecule has 0 radical (unpaired) electrons. The first-order valence-corrected chi connectivity index (χ1v) is 15.9.